The third kappa shape index (κ3) is 4.39. The Balaban J connectivity index is 1.15. The van der Waals surface area contributed by atoms with E-state index in [1.165, 1.54) is 11.1 Å². The zero-order valence-electron chi connectivity index (χ0n) is 18.4. The van der Waals surface area contributed by atoms with Crippen molar-refractivity contribution in [2.45, 2.75) is 50.7 Å². The highest BCUT2D eigenvalue weighted by Gasteiger charge is 2.48. The van der Waals surface area contributed by atoms with Gasteiger partial charge < -0.3 is 14.4 Å². The number of hydrogen-bond donors (Lipinski definition) is 0. The average molecular weight is 454 g/mol. The van der Waals surface area contributed by atoms with Gasteiger partial charge in [0.2, 0.25) is 18.6 Å². The van der Waals surface area contributed by atoms with E-state index < -0.39 is 5.54 Å². The third-order valence-electron chi connectivity index (χ3n) is 6.88. The molecule has 0 bridgehead atoms. The Morgan fingerprint density at radius 1 is 1.06 bits per heavy atom. The summed E-state index contributed by atoms with van der Waals surface area (Å²) in [6.45, 7) is 1.40. The van der Waals surface area contributed by atoms with Crippen LogP contribution in [0.2, 0.25) is 0 Å². The zero-order valence-corrected chi connectivity index (χ0v) is 18.4. The van der Waals surface area contributed by atoms with Crippen molar-refractivity contribution in [2.24, 2.45) is 0 Å². The maximum atomic E-state index is 14.0. The molecular formula is C25H27FN2O5. The summed E-state index contributed by atoms with van der Waals surface area (Å²) in [6, 6.07) is 12.2. The smallest absolute Gasteiger partial charge is 0.246 e. The second-order valence-electron chi connectivity index (χ2n) is 8.85. The van der Waals surface area contributed by atoms with Gasteiger partial charge >= 0.3 is 0 Å². The molecule has 0 radical (unpaired) electrons. The van der Waals surface area contributed by atoms with Crippen LogP contribution in [0, 0.1) is 5.82 Å². The van der Waals surface area contributed by atoms with E-state index in [9.17, 15) is 14.0 Å². The normalized spacial score (nSPS) is 18.9. The second-order valence-corrected chi connectivity index (χ2v) is 8.85. The highest BCUT2D eigenvalue weighted by molar-refractivity contribution is 5.79. The summed E-state index contributed by atoms with van der Waals surface area (Å²) in [7, 11) is 0. The molecule has 2 amide bonds. The lowest BCUT2D eigenvalue weighted by molar-refractivity contribution is -0.222. The Kier molecular flexibility index (Phi) is 5.93. The van der Waals surface area contributed by atoms with E-state index in [-0.39, 0.29) is 31.0 Å². The molecule has 5 rings (SSSR count). The number of rotatable bonds is 6. The van der Waals surface area contributed by atoms with Crippen LogP contribution in [0.5, 0.6) is 11.5 Å². The minimum absolute atomic E-state index is 0.0122. The fourth-order valence-corrected chi connectivity index (χ4v) is 4.90. The fourth-order valence-electron chi connectivity index (χ4n) is 4.90. The molecule has 33 heavy (non-hydrogen) atoms. The summed E-state index contributed by atoms with van der Waals surface area (Å²) in [5.41, 5.74) is 1.04. The van der Waals surface area contributed by atoms with E-state index >= 15 is 0 Å². The number of likely N-dealkylation sites (tertiary alicyclic amines) is 1. The molecule has 0 aromatic heterocycles. The molecule has 3 aliphatic heterocycles. The van der Waals surface area contributed by atoms with Gasteiger partial charge in [0, 0.05) is 31.5 Å². The van der Waals surface area contributed by atoms with Crippen LogP contribution in [0.4, 0.5) is 4.39 Å². The number of halogens is 1. The first-order chi connectivity index (χ1) is 16.0. The molecule has 2 aromatic rings. The fraction of sp³-hybridized carbons (Fsp3) is 0.440. The summed E-state index contributed by atoms with van der Waals surface area (Å²) >= 11 is 0. The molecule has 0 atom stereocenters. The van der Waals surface area contributed by atoms with Crippen LogP contribution < -0.4 is 9.47 Å². The van der Waals surface area contributed by atoms with Crippen LogP contribution in [0.25, 0.3) is 0 Å². The van der Waals surface area contributed by atoms with Crippen molar-refractivity contribution in [2.75, 3.05) is 19.9 Å². The van der Waals surface area contributed by atoms with Crippen molar-refractivity contribution in [3.63, 3.8) is 0 Å². The average Bonchev–Trinajstić information content (AvgIpc) is 3.42. The molecule has 3 heterocycles. The van der Waals surface area contributed by atoms with Crippen molar-refractivity contribution in [3.8, 4) is 11.5 Å². The topological polar surface area (TPSA) is 68.3 Å². The molecule has 8 heteroatoms. The standard InChI is InChI=1S/C25H27FN2O5/c26-20-4-2-1-3-19(20)16-33-28-24(30)9-10-25(28)11-13-27(14-12-25)23(29)8-6-18-5-7-21-22(15-18)32-17-31-21/h1-5,7,15H,6,8-14,16-17H2. The molecule has 7 nitrogen and oxygen atoms in total. The first kappa shape index (κ1) is 21.7. The summed E-state index contributed by atoms with van der Waals surface area (Å²) in [6.07, 6.45) is 3.47. The first-order valence-electron chi connectivity index (χ1n) is 11.4. The maximum absolute atomic E-state index is 14.0. The first-order valence-corrected chi connectivity index (χ1v) is 11.4. The van der Waals surface area contributed by atoms with E-state index in [1.54, 1.807) is 18.2 Å². The van der Waals surface area contributed by atoms with E-state index in [4.69, 9.17) is 14.3 Å². The number of nitrogens with zero attached hydrogens (tertiary/aromatic N) is 2. The Morgan fingerprint density at radius 2 is 1.85 bits per heavy atom. The van der Waals surface area contributed by atoms with Crippen LogP contribution in [-0.4, -0.2) is 47.2 Å². The summed E-state index contributed by atoms with van der Waals surface area (Å²) in [4.78, 5) is 33.0. The highest BCUT2D eigenvalue weighted by Crippen LogP contribution is 2.40. The highest BCUT2D eigenvalue weighted by atomic mass is 19.1. The van der Waals surface area contributed by atoms with Crippen molar-refractivity contribution in [3.05, 3.63) is 59.4 Å². The van der Waals surface area contributed by atoms with Crippen molar-refractivity contribution < 1.29 is 28.3 Å². The van der Waals surface area contributed by atoms with Crippen LogP contribution in [-0.2, 0) is 27.5 Å². The van der Waals surface area contributed by atoms with Crippen LogP contribution in [0.1, 0.15) is 43.2 Å². The molecule has 0 N–H and O–H groups in total. The predicted octanol–water partition coefficient (Wildman–Crippen LogP) is 3.60. The molecule has 174 valence electrons. The number of aryl methyl sites for hydroxylation is 1. The molecule has 0 unspecified atom stereocenters. The SMILES string of the molecule is O=C(CCc1ccc2c(c1)OCO2)N1CCC2(CCC(=O)N2OCc2ccccc2F)CC1. The number of amides is 2. The molecule has 1 spiro atoms. The lowest BCUT2D eigenvalue weighted by Gasteiger charge is -2.43. The van der Waals surface area contributed by atoms with Gasteiger partial charge in [-0.25, -0.2) is 9.45 Å². The third-order valence-corrected chi connectivity index (χ3v) is 6.88. The van der Waals surface area contributed by atoms with Crippen molar-refractivity contribution in [1.29, 1.82) is 0 Å². The number of carbonyl (C=O) groups is 2. The Hall–Kier alpha value is -3.13. The van der Waals surface area contributed by atoms with E-state index in [2.05, 4.69) is 0 Å². The minimum Gasteiger partial charge on any atom is -0.454 e. The van der Waals surface area contributed by atoms with Crippen LogP contribution >= 0.6 is 0 Å². The van der Waals surface area contributed by atoms with Gasteiger partial charge in [0.1, 0.15) is 12.4 Å². The molecular weight excluding hydrogens is 427 g/mol. The lowest BCUT2D eigenvalue weighted by Crippen LogP contribution is -2.54. The van der Waals surface area contributed by atoms with Gasteiger partial charge in [0.05, 0.1) is 5.54 Å². The Labute approximate surface area is 192 Å². The molecule has 3 aliphatic rings. The van der Waals surface area contributed by atoms with E-state index in [0.29, 0.717) is 57.2 Å². The number of fused-ring (bicyclic) bond motifs is 1. The van der Waals surface area contributed by atoms with Crippen molar-refractivity contribution in [1.82, 2.24) is 9.96 Å². The lowest BCUT2D eigenvalue weighted by atomic mass is 9.86. The van der Waals surface area contributed by atoms with Gasteiger partial charge in [-0.15, -0.1) is 0 Å². The number of carbonyl (C=O) groups excluding carboxylic acids is 2. The van der Waals surface area contributed by atoms with Crippen LogP contribution in [0.3, 0.4) is 0 Å². The predicted molar refractivity (Wildman–Crippen MR) is 117 cm³/mol. The van der Waals surface area contributed by atoms with Crippen molar-refractivity contribution >= 4 is 11.8 Å². The van der Waals surface area contributed by atoms with E-state index in [1.807, 2.05) is 23.1 Å². The number of hydrogen-bond acceptors (Lipinski definition) is 5. The number of benzene rings is 2. The van der Waals surface area contributed by atoms with E-state index in [0.717, 1.165) is 17.1 Å². The maximum Gasteiger partial charge on any atom is 0.246 e. The molecule has 2 fully saturated rings. The van der Waals surface area contributed by atoms with Gasteiger partial charge in [-0.1, -0.05) is 24.3 Å². The zero-order chi connectivity index (χ0) is 22.8. The molecule has 2 aromatic carbocycles. The van der Waals surface area contributed by atoms with Gasteiger partial charge in [-0.2, -0.15) is 0 Å². The number of hydroxylamine groups is 2. The number of ether oxygens (including phenoxy) is 2. The number of piperidine rings is 1. The van der Waals surface area contributed by atoms with Crippen LogP contribution in [0.15, 0.2) is 42.5 Å². The van der Waals surface area contributed by atoms with Gasteiger partial charge in [0.15, 0.2) is 11.5 Å². The molecule has 2 saturated heterocycles. The summed E-state index contributed by atoms with van der Waals surface area (Å²) < 4.78 is 24.7. The largest absolute Gasteiger partial charge is 0.454 e. The van der Waals surface area contributed by atoms with Gasteiger partial charge in [-0.3, -0.25) is 14.4 Å². The Morgan fingerprint density at radius 3 is 2.67 bits per heavy atom. The molecule has 0 saturated carbocycles. The van der Waals surface area contributed by atoms with Gasteiger partial charge in [-0.05, 0) is 49.4 Å². The summed E-state index contributed by atoms with van der Waals surface area (Å²) in [5.74, 6) is 1.14. The second kappa shape index (κ2) is 9.02. The Bertz CT molecular complexity index is 1050. The minimum atomic E-state index is -0.420. The quantitative estimate of drug-likeness (QED) is 0.667. The monoisotopic (exact) mass is 454 g/mol. The van der Waals surface area contributed by atoms with Gasteiger partial charge in [0.25, 0.3) is 0 Å². The molecule has 0 aliphatic carbocycles. The summed E-state index contributed by atoms with van der Waals surface area (Å²) in [5, 5.41) is 1.47.